The fourth-order valence-corrected chi connectivity index (χ4v) is 5.24. The first-order valence-corrected chi connectivity index (χ1v) is 12.4. The lowest BCUT2D eigenvalue weighted by Gasteiger charge is -2.33. The Labute approximate surface area is 210 Å². The van der Waals surface area contributed by atoms with Crippen molar-refractivity contribution in [2.75, 3.05) is 5.32 Å². The molecule has 1 aromatic heterocycles. The van der Waals surface area contributed by atoms with Crippen molar-refractivity contribution in [2.24, 2.45) is 0 Å². The van der Waals surface area contributed by atoms with Crippen LogP contribution in [0.25, 0.3) is 10.9 Å². The van der Waals surface area contributed by atoms with Gasteiger partial charge in [0.1, 0.15) is 29.2 Å². The Bertz CT molecular complexity index is 1460. The fourth-order valence-electron chi connectivity index (χ4n) is 5.24. The quantitative estimate of drug-likeness (QED) is 0.339. The van der Waals surface area contributed by atoms with E-state index >= 15 is 0 Å². The molecular weight excluding hydrogens is 448 g/mol. The van der Waals surface area contributed by atoms with E-state index in [1.807, 2.05) is 73.7 Å². The van der Waals surface area contributed by atoms with Crippen molar-refractivity contribution in [1.82, 2.24) is 15.3 Å². The van der Waals surface area contributed by atoms with E-state index in [0.717, 1.165) is 52.1 Å². The lowest BCUT2D eigenvalue weighted by molar-refractivity contribution is 0.0480. The van der Waals surface area contributed by atoms with Crippen molar-refractivity contribution in [1.29, 1.82) is 0 Å². The number of rotatable bonds is 4. The Hall–Kier alpha value is -3.92. The molecule has 0 amide bonds. The first kappa shape index (κ1) is 22.5. The van der Waals surface area contributed by atoms with Gasteiger partial charge in [0.25, 0.3) is 0 Å². The highest BCUT2D eigenvalue weighted by Crippen LogP contribution is 2.34. The second kappa shape index (κ2) is 9.27. The molecule has 0 radical (unpaired) electrons. The van der Waals surface area contributed by atoms with E-state index in [1.54, 1.807) is 6.33 Å². The summed E-state index contributed by atoms with van der Waals surface area (Å²) in [6.07, 6.45) is 5.17. The SMILES string of the molecule is Cc1cc(Nc2ncnc3ccc(C#CC4(O)CC5CCC(C4)N5)cc23)ccc1Oc1ccccc1. The van der Waals surface area contributed by atoms with Gasteiger partial charge in [-0.3, -0.25) is 0 Å². The summed E-state index contributed by atoms with van der Waals surface area (Å²) in [4.78, 5) is 8.91. The number of hydrogen-bond acceptors (Lipinski definition) is 6. The normalized spacial score (nSPS) is 22.6. The van der Waals surface area contributed by atoms with Crippen LogP contribution in [0.4, 0.5) is 11.5 Å². The van der Waals surface area contributed by atoms with E-state index in [2.05, 4.69) is 32.4 Å². The summed E-state index contributed by atoms with van der Waals surface area (Å²) in [5.41, 5.74) is 2.66. The zero-order valence-electron chi connectivity index (χ0n) is 20.2. The van der Waals surface area contributed by atoms with Crippen LogP contribution in [0.3, 0.4) is 0 Å². The molecule has 3 N–H and O–H groups in total. The van der Waals surface area contributed by atoms with E-state index in [-0.39, 0.29) is 0 Å². The number of fused-ring (bicyclic) bond motifs is 3. The summed E-state index contributed by atoms with van der Waals surface area (Å²) >= 11 is 0. The minimum absolute atomic E-state index is 0.372. The topological polar surface area (TPSA) is 79.3 Å². The number of para-hydroxylation sites is 1. The molecule has 36 heavy (non-hydrogen) atoms. The van der Waals surface area contributed by atoms with Gasteiger partial charge in [-0.2, -0.15) is 0 Å². The number of ether oxygens (including phenoxy) is 1. The van der Waals surface area contributed by atoms with Crippen LogP contribution >= 0.6 is 0 Å². The van der Waals surface area contributed by atoms with Crippen molar-refractivity contribution in [3.8, 4) is 23.3 Å². The predicted octanol–water partition coefficient (Wildman–Crippen LogP) is 5.47. The largest absolute Gasteiger partial charge is 0.457 e. The smallest absolute Gasteiger partial charge is 0.141 e. The molecule has 2 fully saturated rings. The predicted molar refractivity (Wildman–Crippen MR) is 142 cm³/mol. The highest BCUT2D eigenvalue weighted by molar-refractivity contribution is 5.91. The summed E-state index contributed by atoms with van der Waals surface area (Å²) in [7, 11) is 0. The molecule has 2 aliphatic rings. The van der Waals surface area contributed by atoms with Crippen molar-refractivity contribution in [3.63, 3.8) is 0 Å². The number of aromatic nitrogens is 2. The van der Waals surface area contributed by atoms with Gasteiger partial charge in [-0.05, 0) is 73.9 Å². The number of piperidine rings is 1. The Morgan fingerprint density at radius 2 is 1.81 bits per heavy atom. The second-order valence-electron chi connectivity index (χ2n) is 9.80. The first-order valence-electron chi connectivity index (χ1n) is 12.4. The molecule has 6 nitrogen and oxygen atoms in total. The fraction of sp³-hybridized carbons (Fsp3) is 0.267. The standard InChI is InChI=1S/C30H28N4O2/c1-20-15-22(10-12-28(20)36-25-5-3-2-4-6-25)34-29-26-16-21(7-11-27(26)31-19-32-29)13-14-30(35)17-23-8-9-24(18-30)33-23/h2-7,10-12,15-16,19,23-24,33,35H,8-9,17-18H2,1H3,(H,31,32,34). The van der Waals surface area contributed by atoms with E-state index in [9.17, 15) is 5.11 Å². The minimum atomic E-state index is -0.929. The van der Waals surface area contributed by atoms with Crippen LogP contribution in [0.1, 0.15) is 36.8 Å². The zero-order valence-corrected chi connectivity index (χ0v) is 20.2. The molecule has 6 heteroatoms. The maximum Gasteiger partial charge on any atom is 0.141 e. The first-order chi connectivity index (χ1) is 17.5. The minimum Gasteiger partial charge on any atom is -0.457 e. The van der Waals surface area contributed by atoms with E-state index in [4.69, 9.17) is 4.74 Å². The molecule has 0 aliphatic carbocycles. The third kappa shape index (κ3) is 4.76. The van der Waals surface area contributed by atoms with Crippen LogP contribution in [-0.2, 0) is 0 Å². The molecule has 2 aliphatic heterocycles. The van der Waals surface area contributed by atoms with Crippen LogP contribution in [0.5, 0.6) is 11.5 Å². The molecule has 3 aromatic carbocycles. The number of nitrogens with one attached hydrogen (secondary N) is 2. The highest BCUT2D eigenvalue weighted by atomic mass is 16.5. The second-order valence-corrected chi connectivity index (χ2v) is 9.80. The zero-order chi connectivity index (χ0) is 24.5. The summed E-state index contributed by atoms with van der Waals surface area (Å²) < 4.78 is 6.01. The third-order valence-electron chi connectivity index (χ3n) is 6.99. The molecule has 2 saturated heterocycles. The van der Waals surface area contributed by atoms with Crippen molar-refractivity contribution < 1.29 is 9.84 Å². The number of benzene rings is 3. The van der Waals surface area contributed by atoms with Gasteiger partial charge in [-0.1, -0.05) is 30.0 Å². The Morgan fingerprint density at radius 1 is 1.00 bits per heavy atom. The van der Waals surface area contributed by atoms with Gasteiger partial charge in [-0.15, -0.1) is 0 Å². The summed E-state index contributed by atoms with van der Waals surface area (Å²) in [6.45, 7) is 2.02. The number of aryl methyl sites for hydroxylation is 1. The molecule has 6 rings (SSSR count). The Balaban J connectivity index is 1.24. The molecule has 3 heterocycles. The van der Waals surface area contributed by atoms with Gasteiger partial charge in [0.2, 0.25) is 0 Å². The van der Waals surface area contributed by atoms with Gasteiger partial charge in [-0.25, -0.2) is 9.97 Å². The molecule has 4 aromatic rings. The van der Waals surface area contributed by atoms with Gasteiger partial charge in [0, 0.05) is 41.6 Å². The Kier molecular flexibility index (Phi) is 5.80. The van der Waals surface area contributed by atoms with Gasteiger partial charge in [0.15, 0.2) is 0 Å². The molecule has 0 saturated carbocycles. The lowest BCUT2D eigenvalue weighted by Crippen LogP contribution is -2.47. The summed E-state index contributed by atoms with van der Waals surface area (Å²) in [6, 6.07) is 22.4. The monoisotopic (exact) mass is 476 g/mol. The van der Waals surface area contributed by atoms with E-state index in [0.29, 0.717) is 30.7 Å². The summed E-state index contributed by atoms with van der Waals surface area (Å²) in [5.74, 6) is 8.71. The van der Waals surface area contributed by atoms with E-state index in [1.165, 1.54) is 0 Å². The van der Waals surface area contributed by atoms with Crippen molar-refractivity contribution in [2.45, 2.75) is 50.3 Å². The van der Waals surface area contributed by atoms with Crippen LogP contribution in [-0.4, -0.2) is 32.8 Å². The number of anilines is 2. The van der Waals surface area contributed by atoms with Crippen LogP contribution in [0.15, 0.2) is 73.1 Å². The van der Waals surface area contributed by atoms with Gasteiger partial charge < -0.3 is 20.5 Å². The lowest BCUT2D eigenvalue weighted by atomic mass is 9.88. The maximum atomic E-state index is 11.1. The molecule has 180 valence electrons. The van der Waals surface area contributed by atoms with Crippen LogP contribution in [0.2, 0.25) is 0 Å². The average molecular weight is 477 g/mol. The van der Waals surface area contributed by atoms with Crippen molar-refractivity contribution >= 4 is 22.4 Å². The van der Waals surface area contributed by atoms with Crippen molar-refractivity contribution in [3.05, 3.63) is 84.2 Å². The Morgan fingerprint density at radius 3 is 2.58 bits per heavy atom. The number of hydrogen-bond donors (Lipinski definition) is 3. The third-order valence-corrected chi connectivity index (χ3v) is 6.99. The maximum absolute atomic E-state index is 11.1. The van der Waals surface area contributed by atoms with Gasteiger partial charge >= 0.3 is 0 Å². The highest BCUT2D eigenvalue weighted by Gasteiger charge is 2.41. The average Bonchev–Trinajstić information content (AvgIpc) is 3.24. The van der Waals surface area contributed by atoms with Crippen LogP contribution < -0.4 is 15.4 Å². The molecule has 2 unspecified atom stereocenters. The van der Waals surface area contributed by atoms with E-state index < -0.39 is 5.60 Å². The molecule has 2 bridgehead atoms. The molecular formula is C30H28N4O2. The number of nitrogens with zero attached hydrogens (tertiary/aromatic N) is 2. The molecule has 2 atom stereocenters. The number of aliphatic hydroxyl groups is 1. The van der Waals surface area contributed by atoms with Crippen LogP contribution in [0, 0.1) is 18.8 Å². The van der Waals surface area contributed by atoms with Gasteiger partial charge in [0.05, 0.1) is 5.52 Å². The molecule has 0 spiro atoms. The summed E-state index contributed by atoms with van der Waals surface area (Å²) in [5, 5.41) is 18.9.